The Morgan fingerprint density at radius 3 is 2.74 bits per heavy atom. The van der Waals surface area contributed by atoms with Crippen LogP contribution in [0.2, 0.25) is 0 Å². The largest absolute Gasteiger partial charge is 0.495 e. The van der Waals surface area contributed by atoms with Gasteiger partial charge in [-0.1, -0.05) is 19.1 Å². The summed E-state index contributed by atoms with van der Waals surface area (Å²) in [6.07, 6.45) is 2.05. The fourth-order valence-electron chi connectivity index (χ4n) is 3.62. The molecule has 0 saturated carbocycles. The average Bonchev–Trinajstić information content (AvgIpc) is 2.77. The van der Waals surface area contributed by atoms with Gasteiger partial charge in [0, 0.05) is 19.2 Å². The Kier molecular flexibility index (Phi) is 7.07. The molecule has 9 nitrogen and oxygen atoms in total. The summed E-state index contributed by atoms with van der Waals surface area (Å²) >= 11 is 0. The Morgan fingerprint density at radius 1 is 1.26 bits per heavy atom. The minimum atomic E-state index is -0.808. The maximum atomic E-state index is 12.4. The lowest BCUT2D eigenvalue weighted by molar-refractivity contribution is -0.384. The number of benzene rings is 2. The molecule has 0 aromatic heterocycles. The molecule has 9 heteroatoms. The highest BCUT2D eigenvalue weighted by Crippen LogP contribution is 2.32. The summed E-state index contributed by atoms with van der Waals surface area (Å²) in [5.74, 6) is -0.441. The first-order valence-corrected chi connectivity index (χ1v) is 10.0. The van der Waals surface area contributed by atoms with Gasteiger partial charge in [-0.3, -0.25) is 14.9 Å². The van der Waals surface area contributed by atoms with Gasteiger partial charge in [0.1, 0.15) is 11.4 Å². The van der Waals surface area contributed by atoms with E-state index in [9.17, 15) is 19.7 Å². The van der Waals surface area contributed by atoms with E-state index in [4.69, 9.17) is 9.47 Å². The first-order chi connectivity index (χ1) is 14.9. The summed E-state index contributed by atoms with van der Waals surface area (Å²) in [6.45, 7) is 3.04. The minimum absolute atomic E-state index is 0.0191. The summed E-state index contributed by atoms with van der Waals surface area (Å²) in [6, 6.07) is 11.1. The van der Waals surface area contributed by atoms with Gasteiger partial charge in [0.15, 0.2) is 6.61 Å². The molecule has 1 N–H and O–H groups in total. The SMILES string of the molecule is COc1ccccc1NC(=O)COC(=O)c1ccc(N2CCCC(C)C2)c([N+](=O)[O-])c1. The number of rotatable bonds is 7. The molecule has 1 aliphatic rings. The number of carbonyl (C=O) groups excluding carboxylic acids is 2. The van der Waals surface area contributed by atoms with Crippen LogP contribution in [0.25, 0.3) is 0 Å². The molecule has 1 unspecified atom stereocenters. The third-order valence-corrected chi connectivity index (χ3v) is 5.12. The van der Waals surface area contributed by atoms with E-state index in [0.29, 0.717) is 23.0 Å². The van der Waals surface area contributed by atoms with Crippen LogP contribution in [-0.2, 0) is 9.53 Å². The van der Waals surface area contributed by atoms with E-state index in [0.717, 1.165) is 25.9 Å². The third kappa shape index (κ3) is 5.50. The van der Waals surface area contributed by atoms with Crippen molar-refractivity contribution in [2.24, 2.45) is 5.92 Å². The maximum Gasteiger partial charge on any atom is 0.338 e. The van der Waals surface area contributed by atoms with Crippen LogP contribution in [0.1, 0.15) is 30.1 Å². The van der Waals surface area contributed by atoms with Crippen LogP contribution < -0.4 is 15.0 Å². The molecule has 1 atom stereocenters. The van der Waals surface area contributed by atoms with Crippen LogP contribution in [0.3, 0.4) is 0 Å². The zero-order valence-electron chi connectivity index (χ0n) is 17.5. The number of amides is 1. The summed E-state index contributed by atoms with van der Waals surface area (Å²) in [5.41, 5.74) is 0.802. The zero-order chi connectivity index (χ0) is 22.4. The quantitative estimate of drug-likeness (QED) is 0.408. The van der Waals surface area contributed by atoms with Crippen LogP contribution in [-0.4, -0.2) is 43.6 Å². The number of nitro benzene ring substituents is 1. The summed E-state index contributed by atoms with van der Waals surface area (Å²) in [7, 11) is 1.48. The van der Waals surface area contributed by atoms with Gasteiger partial charge in [0.05, 0.1) is 23.3 Å². The molecule has 2 aromatic rings. The molecule has 0 radical (unpaired) electrons. The molecule has 1 saturated heterocycles. The number of carbonyl (C=O) groups is 2. The normalized spacial score (nSPS) is 15.8. The van der Waals surface area contributed by atoms with Gasteiger partial charge >= 0.3 is 5.97 Å². The zero-order valence-corrected chi connectivity index (χ0v) is 17.5. The van der Waals surface area contributed by atoms with Gasteiger partial charge in [-0.15, -0.1) is 0 Å². The number of hydrogen-bond acceptors (Lipinski definition) is 7. The second-order valence-corrected chi connectivity index (χ2v) is 7.48. The van der Waals surface area contributed by atoms with Crippen molar-refractivity contribution in [2.75, 3.05) is 37.0 Å². The van der Waals surface area contributed by atoms with E-state index in [1.165, 1.54) is 19.2 Å². The molecule has 1 aliphatic heterocycles. The number of nitrogens with one attached hydrogen (secondary N) is 1. The Bertz CT molecular complexity index is 977. The van der Waals surface area contributed by atoms with E-state index in [2.05, 4.69) is 12.2 Å². The van der Waals surface area contributed by atoms with Crippen molar-refractivity contribution in [3.05, 3.63) is 58.1 Å². The van der Waals surface area contributed by atoms with Crippen LogP contribution in [0.4, 0.5) is 17.1 Å². The van der Waals surface area contributed by atoms with Crippen LogP contribution in [0, 0.1) is 16.0 Å². The summed E-state index contributed by atoms with van der Waals surface area (Å²) in [5, 5.41) is 14.2. The standard InChI is InChI=1S/C22H25N3O6/c1-15-6-5-11-24(13-15)18-10-9-16(12-19(18)25(28)29)22(27)31-14-21(26)23-17-7-3-4-8-20(17)30-2/h3-4,7-10,12,15H,5-6,11,13-14H2,1-2H3,(H,23,26). The van der Waals surface area contributed by atoms with Gasteiger partial charge in [0.25, 0.3) is 11.6 Å². The number of para-hydroxylation sites is 2. The molecular formula is C22H25N3O6. The van der Waals surface area contributed by atoms with Crippen molar-refractivity contribution in [3.63, 3.8) is 0 Å². The van der Waals surface area contributed by atoms with E-state index in [1.54, 1.807) is 30.3 Å². The maximum absolute atomic E-state index is 12.4. The third-order valence-electron chi connectivity index (χ3n) is 5.12. The Hall–Kier alpha value is -3.62. The van der Waals surface area contributed by atoms with Crippen LogP contribution >= 0.6 is 0 Å². The number of esters is 1. The molecule has 31 heavy (non-hydrogen) atoms. The van der Waals surface area contributed by atoms with E-state index >= 15 is 0 Å². The molecule has 0 bridgehead atoms. The van der Waals surface area contributed by atoms with Gasteiger partial charge in [-0.25, -0.2) is 4.79 Å². The lowest BCUT2D eigenvalue weighted by atomic mass is 9.99. The number of nitro groups is 1. The number of nitrogens with zero attached hydrogens (tertiary/aromatic N) is 2. The minimum Gasteiger partial charge on any atom is -0.495 e. The lowest BCUT2D eigenvalue weighted by Crippen LogP contribution is -2.34. The predicted octanol–water partition coefficient (Wildman–Crippen LogP) is 3.64. The monoisotopic (exact) mass is 427 g/mol. The van der Waals surface area contributed by atoms with E-state index in [1.807, 2.05) is 4.90 Å². The molecule has 0 spiro atoms. The molecule has 3 rings (SSSR count). The smallest absolute Gasteiger partial charge is 0.338 e. The Labute approximate surface area is 180 Å². The Morgan fingerprint density at radius 2 is 2.03 bits per heavy atom. The average molecular weight is 427 g/mol. The molecule has 1 fully saturated rings. The van der Waals surface area contributed by atoms with Crippen LogP contribution in [0.15, 0.2) is 42.5 Å². The number of anilines is 2. The predicted molar refractivity (Wildman–Crippen MR) is 116 cm³/mol. The Balaban J connectivity index is 1.66. The topological polar surface area (TPSA) is 111 Å². The fraction of sp³-hybridized carbons (Fsp3) is 0.364. The first kappa shape index (κ1) is 22.1. The molecular weight excluding hydrogens is 402 g/mol. The van der Waals surface area contributed by atoms with Crippen molar-refractivity contribution in [1.82, 2.24) is 0 Å². The molecule has 1 amide bonds. The van der Waals surface area contributed by atoms with Gasteiger partial charge in [-0.05, 0) is 43.0 Å². The van der Waals surface area contributed by atoms with Gasteiger partial charge in [0.2, 0.25) is 0 Å². The molecule has 164 valence electrons. The van der Waals surface area contributed by atoms with Crippen LogP contribution in [0.5, 0.6) is 5.75 Å². The summed E-state index contributed by atoms with van der Waals surface area (Å²) < 4.78 is 10.2. The van der Waals surface area contributed by atoms with Crippen molar-refractivity contribution in [3.8, 4) is 5.75 Å². The van der Waals surface area contributed by atoms with Crippen molar-refractivity contribution >= 4 is 28.9 Å². The van der Waals surface area contributed by atoms with E-state index < -0.39 is 23.4 Å². The first-order valence-electron chi connectivity index (χ1n) is 10.0. The van der Waals surface area contributed by atoms with E-state index in [-0.39, 0.29) is 11.3 Å². The summed E-state index contributed by atoms with van der Waals surface area (Å²) in [4.78, 5) is 37.6. The van der Waals surface area contributed by atoms with Crippen molar-refractivity contribution in [1.29, 1.82) is 0 Å². The number of methoxy groups -OCH3 is 1. The number of piperidine rings is 1. The molecule has 1 heterocycles. The lowest BCUT2D eigenvalue weighted by Gasteiger charge is -2.32. The second kappa shape index (κ2) is 9.92. The highest BCUT2D eigenvalue weighted by atomic mass is 16.6. The number of hydrogen-bond donors (Lipinski definition) is 1. The second-order valence-electron chi connectivity index (χ2n) is 7.48. The highest BCUT2D eigenvalue weighted by molar-refractivity contribution is 5.97. The molecule has 2 aromatic carbocycles. The van der Waals surface area contributed by atoms with Gasteiger partial charge in [-0.2, -0.15) is 0 Å². The molecule has 0 aliphatic carbocycles. The van der Waals surface area contributed by atoms with Gasteiger partial charge < -0.3 is 19.7 Å². The van der Waals surface area contributed by atoms with Crippen molar-refractivity contribution < 1.29 is 24.0 Å². The fourth-order valence-corrected chi connectivity index (χ4v) is 3.62. The number of ether oxygens (including phenoxy) is 2. The highest BCUT2D eigenvalue weighted by Gasteiger charge is 2.25. The van der Waals surface area contributed by atoms with Crippen molar-refractivity contribution in [2.45, 2.75) is 19.8 Å².